The van der Waals surface area contributed by atoms with Gasteiger partial charge in [-0.25, -0.2) is 0 Å². The van der Waals surface area contributed by atoms with Crippen LogP contribution >= 0.6 is 0 Å². The first kappa shape index (κ1) is 19.6. The Morgan fingerprint density at radius 1 is 1.14 bits per heavy atom. The van der Waals surface area contributed by atoms with Crippen molar-refractivity contribution in [3.8, 4) is 5.75 Å². The molecule has 0 aliphatic carbocycles. The van der Waals surface area contributed by atoms with E-state index in [0.29, 0.717) is 17.9 Å². The zero-order valence-electron chi connectivity index (χ0n) is 17.0. The summed E-state index contributed by atoms with van der Waals surface area (Å²) < 4.78 is 6.32. The Morgan fingerprint density at radius 3 is 2.69 bits per heavy atom. The van der Waals surface area contributed by atoms with Gasteiger partial charge in [0.05, 0.1) is 17.3 Å². The van der Waals surface area contributed by atoms with Crippen LogP contribution in [0.3, 0.4) is 0 Å². The van der Waals surface area contributed by atoms with Crippen molar-refractivity contribution in [3.63, 3.8) is 0 Å². The van der Waals surface area contributed by atoms with Crippen LogP contribution in [0.4, 0.5) is 0 Å². The highest BCUT2D eigenvalue weighted by Crippen LogP contribution is 2.27. The molecule has 0 bridgehead atoms. The van der Waals surface area contributed by atoms with E-state index in [1.807, 2.05) is 47.5 Å². The molecule has 0 spiro atoms. The van der Waals surface area contributed by atoms with Crippen LogP contribution in [0.2, 0.25) is 0 Å². The molecule has 3 heterocycles. The van der Waals surface area contributed by atoms with E-state index >= 15 is 0 Å². The maximum atomic E-state index is 13.1. The number of hydrogen-bond acceptors (Lipinski definition) is 4. The Bertz CT molecular complexity index is 844. The molecule has 1 aromatic carbocycles. The Morgan fingerprint density at radius 2 is 1.93 bits per heavy atom. The third kappa shape index (κ3) is 4.67. The van der Waals surface area contributed by atoms with Crippen LogP contribution in [-0.4, -0.2) is 52.5 Å². The summed E-state index contributed by atoms with van der Waals surface area (Å²) in [6, 6.07) is 13.9. The average Bonchev–Trinajstić information content (AvgIpc) is 3.25. The standard InChI is InChI=1S/C24H29N3O2/c1-2-20-9-7-15-27(20)24(28)22-10-3-4-11-23(22)29-21-12-16-26(17-13-21)18-19-8-5-6-14-25-19/h3-11,14,20-21H,2,12-13,15-18H2,1H3/t20-/m0/s1. The number of aromatic nitrogens is 1. The van der Waals surface area contributed by atoms with Gasteiger partial charge in [-0.15, -0.1) is 0 Å². The van der Waals surface area contributed by atoms with E-state index in [-0.39, 0.29) is 18.1 Å². The molecule has 2 aliphatic rings. The fourth-order valence-corrected chi connectivity index (χ4v) is 4.15. The maximum absolute atomic E-state index is 13.1. The summed E-state index contributed by atoms with van der Waals surface area (Å²) in [7, 11) is 0. The summed E-state index contributed by atoms with van der Waals surface area (Å²) >= 11 is 0. The third-order valence-electron chi connectivity index (χ3n) is 5.80. The molecular weight excluding hydrogens is 362 g/mol. The van der Waals surface area contributed by atoms with E-state index in [4.69, 9.17) is 4.74 Å². The molecule has 5 nitrogen and oxygen atoms in total. The van der Waals surface area contributed by atoms with E-state index in [9.17, 15) is 4.79 Å². The number of pyridine rings is 1. The number of hydrogen-bond donors (Lipinski definition) is 0. The second-order valence-corrected chi connectivity index (χ2v) is 7.77. The summed E-state index contributed by atoms with van der Waals surface area (Å²) in [5, 5.41) is 0. The van der Waals surface area contributed by atoms with Crippen molar-refractivity contribution in [2.75, 3.05) is 19.6 Å². The van der Waals surface area contributed by atoms with Crippen molar-refractivity contribution < 1.29 is 9.53 Å². The van der Waals surface area contributed by atoms with E-state index in [1.165, 1.54) is 0 Å². The van der Waals surface area contributed by atoms with E-state index in [1.54, 1.807) is 0 Å². The highest BCUT2D eigenvalue weighted by Gasteiger charge is 2.28. The van der Waals surface area contributed by atoms with Crippen LogP contribution in [0.15, 0.2) is 60.8 Å². The lowest BCUT2D eigenvalue weighted by Gasteiger charge is -2.32. The van der Waals surface area contributed by atoms with Gasteiger partial charge in [0.1, 0.15) is 11.9 Å². The molecule has 1 saturated heterocycles. The summed E-state index contributed by atoms with van der Waals surface area (Å²) in [5.41, 5.74) is 1.78. The van der Waals surface area contributed by atoms with Gasteiger partial charge < -0.3 is 9.64 Å². The molecule has 5 heteroatoms. The largest absolute Gasteiger partial charge is 0.489 e. The second-order valence-electron chi connectivity index (χ2n) is 7.77. The van der Waals surface area contributed by atoms with Crippen LogP contribution in [-0.2, 0) is 6.54 Å². The van der Waals surface area contributed by atoms with Crippen molar-refractivity contribution in [3.05, 3.63) is 72.1 Å². The first-order valence-electron chi connectivity index (χ1n) is 10.6. The third-order valence-corrected chi connectivity index (χ3v) is 5.80. The monoisotopic (exact) mass is 391 g/mol. The lowest BCUT2D eigenvalue weighted by Crippen LogP contribution is -2.39. The maximum Gasteiger partial charge on any atom is 0.258 e. The number of nitrogens with zero attached hydrogens (tertiary/aromatic N) is 3. The first-order valence-corrected chi connectivity index (χ1v) is 10.6. The van der Waals surface area contributed by atoms with Crippen molar-refractivity contribution in [2.24, 2.45) is 0 Å². The van der Waals surface area contributed by atoms with Gasteiger partial charge in [0.15, 0.2) is 0 Å². The molecular formula is C24H29N3O2. The topological polar surface area (TPSA) is 45.7 Å². The SMILES string of the molecule is CC[C@H]1C=CCN1C(=O)c1ccccc1OC1CCN(Cc2ccccn2)CC1. The quantitative estimate of drug-likeness (QED) is 0.701. The van der Waals surface area contributed by atoms with Gasteiger partial charge in [-0.2, -0.15) is 0 Å². The van der Waals surface area contributed by atoms with Crippen molar-refractivity contribution in [2.45, 2.75) is 44.9 Å². The summed E-state index contributed by atoms with van der Waals surface area (Å²) in [6.07, 6.45) is 9.03. The molecule has 2 aliphatic heterocycles. The van der Waals surface area contributed by atoms with Crippen molar-refractivity contribution >= 4 is 5.91 Å². The molecule has 0 N–H and O–H groups in total. The van der Waals surface area contributed by atoms with Gasteiger partial charge in [-0.3, -0.25) is 14.7 Å². The second kappa shape index (κ2) is 9.23. The van der Waals surface area contributed by atoms with Gasteiger partial charge in [0.2, 0.25) is 0 Å². The fourth-order valence-electron chi connectivity index (χ4n) is 4.15. The summed E-state index contributed by atoms with van der Waals surface area (Å²) in [5.74, 6) is 0.771. The molecule has 1 amide bonds. The molecule has 2 aromatic rings. The fraction of sp³-hybridized carbons (Fsp3) is 0.417. The minimum absolute atomic E-state index is 0.0602. The zero-order chi connectivity index (χ0) is 20.1. The number of carbonyl (C=O) groups is 1. The normalized spacial score (nSPS) is 20.2. The predicted molar refractivity (Wildman–Crippen MR) is 114 cm³/mol. The van der Waals surface area contributed by atoms with Gasteiger partial charge in [0.25, 0.3) is 5.91 Å². The Labute approximate surface area is 173 Å². The highest BCUT2D eigenvalue weighted by atomic mass is 16.5. The van der Waals surface area contributed by atoms with Gasteiger partial charge in [-0.1, -0.05) is 37.3 Å². The Hall–Kier alpha value is -2.66. The lowest BCUT2D eigenvalue weighted by atomic mass is 10.1. The minimum Gasteiger partial charge on any atom is -0.489 e. The van der Waals surface area contributed by atoms with Crippen LogP contribution in [0, 0.1) is 0 Å². The number of benzene rings is 1. The van der Waals surface area contributed by atoms with Crippen LogP contribution < -0.4 is 4.74 Å². The van der Waals surface area contributed by atoms with Crippen LogP contribution in [0.1, 0.15) is 42.2 Å². The lowest BCUT2D eigenvalue weighted by molar-refractivity contribution is 0.0723. The number of ether oxygens (including phenoxy) is 1. The van der Waals surface area contributed by atoms with Crippen molar-refractivity contribution in [1.29, 1.82) is 0 Å². The Balaban J connectivity index is 1.36. The summed E-state index contributed by atoms with van der Waals surface area (Å²) in [6.45, 7) is 5.62. The molecule has 4 rings (SSSR count). The first-order chi connectivity index (χ1) is 14.2. The Kier molecular flexibility index (Phi) is 6.25. The smallest absolute Gasteiger partial charge is 0.258 e. The molecule has 29 heavy (non-hydrogen) atoms. The molecule has 1 atom stereocenters. The summed E-state index contributed by atoms with van der Waals surface area (Å²) in [4.78, 5) is 21.9. The van der Waals surface area contributed by atoms with Crippen LogP contribution in [0.5, 0.6) is 5.75 Å². The molecule has 1 aromatic heterocycles. The molecule has 1 fully saturated rings. The number of amides is 1. The predicted octanol–water partition coefficient (Wildman–Crippen LogP) is 3.92. The number of rotatable bonds is 6. The van der Waals surface area contributed by atoms with E-state index in [2.05, 4.69) is 35.0 Å². The average molecular weight is 392 g/mol. The highest BCUT2D eigenvalue weighted by molar-refractivity contribution is 5.97. The number of carbonyl (C=O) groups excluding carboxylic acids is 1. The molecule has 0 unspecified atom stereocenters. The molecule has 0 saturated carbocycles. The molecule has 152 valence electrons. The van der Waals surface area contributed by atoms with Crippen LogP contribution in [0.25, 0.3) is 0 Å². The number of piperidine rings is 1. The van der Waals surface area contributed by atoms with Gasteiger partial charge in [-0.05, 0) is 43.5 Å². The molecule has 0 radical (unpaired) electrons. The number of likely N-dealkylation sites (tertiary alicyclic amines) is 1. The van der Waals surface area contributed by atoms with Crippen molar-refractivity contribution in [1.82, 2.24) is 14.8 Å². The zero-order valence-corrected chi connectivity index (χ0v) is 17.0. The van der Waals surface area contributed by atoms with E-state index in [0.717, 1.165) is 44.6 Å². The minimum atomic E-state index is 0.0602. The van der Waals surface area contributed by atoms with Gasteiger partial charge in [0, 0.05) is 32.4 Å². The van der Waals surface area contributed by atoms with Gasteiger partial charge >= 0.3 is 0 Å². The number of para-hydroxylation sites is 1. The van der Waals surface area contributed by atoms with E-state index < -0.39 is 0 Å².